The third-order valence-electron chi connectivity index (χ3n) is 3.20. The third kappa shape index (κ3) is 5.47. The summed E-state index contributed by atoms with van der Waals surface area (Å²) in [5.41, 5.74) is 0. The van der Waals surface area contributed by atoms with Gasteiger partial charge in [-0.3, -0.25) is 4.79 Å². The monoisotopic (exact) mass is 227 g/mol. The fourth-order valence-electron chi connectivity index (χ4n) is 1.94. The Morgan fingerprint density at radius 2 is 2.31 bits per heavy atom. The van der Waals surface area contributed by atoms with E-state index in [0.29, 0.717) is 12.5 Å². The van der Waals surface area contributed by atoms with Gasteiger partial charge < -0.3 is 15.5 Å². The van der Waals surface area contributed by atoms with Gasteiger partial charge in [0.15, 0.2) is 0 Å². The minimum atomic E-state index is 0.184. The van der Waals surface area contributed by atoms with Crippen molar-refractivity contribution in [2.45, 2.75) is 38.6 Å². The summed E-state index contributed by atoms with van der Waals surface area (Å²) in [6.07, 6.45) is 4.28. The molecule has 0 aliphatic carbocycles. The molecule has 1 atom stereocenters. The molecule has 0 spiro atoms. The fraction of sp³-hybridized carbons (Fsp3) is 0.917. The summed E-state index contributed by atoms with van der Waals surface area (Å²) < 4.78 is 0. The molecule has 1 aliphatic heterocycles. The van der Waals surface area contributed by atoms with Gasteiger partial charge in [0.2, 0.25) is 5.91 Å². The van der Waals surface area contributed by atoms with Crippen molar-refractivity contribution in [3.8, 4) is 0 Å². The van der Waals surface area contributed by atoms with E-state index in [1.165, 1.54) is 12.8 Å². The maximum absolute atomic E-state index is 11.6. The summed E-state index contributed by atoms with van der Waals surface area (Å²) in [6.45, 7) is 5.90. The minimum Gasteiger partial charge on any atom is -0.355 e. The third-order valence-corrected chi connectivity index (χ3v) is 3.20. The molecule has 4 nitrogen and oxygen atoms in total. The van der Waals surface area contributed by atoms with Crippen LogP contribution in [0.4, 0.5) is 0 Å². The van der Waals surface area contributed by atoms with Gasteiger partial charge in [-0.1, -0.05) is 13.3 Å². The van der Waals surface area contributed by atoms with Crippen LogP contribution >= 0.6 is 0 Å². The summed E-state index contributed by atoms with van der Waals surface area (Å²) in [7, 11) is 2.06. The quantitative estimate of drug-likeness (QED) is 0.698. The largest absolute Gasteiger partial charge is 0.355 e. The number of carbonyl (C=O) groups excluding carboxylic acids is 1. The lowest BCUT2D eigenvalue weighted by Gasteiger charge is -2.23. The van der Waals surface area contributed by atoms with Crippen molar-refractivity contribution < 1.29 is 4.79 Å². The van der Waals surface area contributed by atoms with E-state index in [1.807, 2.05) is 0 Å². The van der Waals surface area contributed by atoms with Crippen molar-refractivity contribution in [2.24, 2.45) is 0 Å². The molecular formula is C12H25N3O. The van der Waals surface area contributed by atoms with E-state index in [4.69, 9.17) is 0 Å². The zero-order chi connectivity index (χ0) is 11.8. The Balaban J connectivity index is 2.05. The van der Waals surface area contributed by atoms with Crippen LogP contribution in [-0.4, -0.2) is 50.1 Å². The molecule has 4 heteroatoms. The molecule has 1 heterocycles. The van der Waals surface area contributed by atoms with Crippen LogP contribution in [0.2, 0.25) is 0 Å². The van der Waals surface area contributed by atoms with Gasteiger partial charge in [0, 0.05) is 25.6 Å². The second kappa shape index (κ2) is 7.63. The first-order chi connectivity index (χ1) is 7.72. The predicted molar refractivity (Wildman–Crippen MR) is 66.4 cm³/mol. The van der Waals surface area contributed by atoms with E-state index in [0.717, 1.165) is 32.6 Å². The number of likely N-dealkylation sites (N-methyl/N-ethyl adjacent to an activating group) is 1. The predicted octanol–water partition coefficient (Wildman–Crippen LogP) is 0.587. The van der Waals surface area contributed by atoms with Gasteiger partial charge in [-0.05, 0) is 33.0 Å². The molecule has 0 radical (unpaired) electrons. The molecule has 16 heavy (non-hydrogen) atoms. The van der Waals surface area contributed by atoms with Gasteiger partial charge in [0.05, 0.1) is 0 Å². The second-order valence-corrected chi connectivity index (χ2v) is 4.60. The highest BCUT2D eigenvalue weighted by Gasteiger charge is 2.15. The van der Waals surface area contributed by atoms with Crippen LogP contribution in [-0.2, 0) is 4.79 Å². The lowest BCUT2D eigenvalue weighted by Crippen LogP contribution is -2.40. The first-order valence-electron chi connectivity index (χ1n) is 6.41. The molecule has 1 amide bonds. The zero-order valence-electron chi connectivity index (χ0n) is 10.6. The molecule has 1 unspecified atom stereocenters. The van der Waals surface area contributed by atoms with E-state index >= 15 is 0 Å². The van der Waals surface area contributed by atoms with Gasteiger partial charge in [-0.15, -0.1) is 0 Å². The zero-order valence-corrected chi connectivity index (χ0v) is 10.6. The molecule has 1 fully saturated rings. The molecular weight excluding hydrogens is 202 g/mol. The summed E-state index contributed by atoms with van der Waals surface area (Å²) >= 11 is 0. The van der Waals surface area contributed by atoms with E-state index < -0.39 is 0 Å². The highest BCUT2D eigenvalue weighted by Crippen LogP contribution is 2.09. The number of hydrogen-bond donors (Lipinski definition) is 2. The summed E-state index contributed by atoms with van der Waals surface area (Å²) in [4.78, 5) is 13.8. The first-order valence-corrected chi connectivity index (χ1v) is 6.41. The van der Waals surface area contributed by atoms with Gasteiger partial charge in [0.1, 0.15) is 0 Å². The number of piperidine rings is 1. The Morgan fingerprint density at radius 1 is 1.50 bits per heavy atom. The number of rotatable bonds is 6. The Labute approximate surface area is 98.8 Å². The Hall–Kier alpha value is -0.610. The topological polar surface area (TPSA) is 44.4 Å². The average molecular weight is 227 g/mol. The van der Waals surface area contributed by atoms with Crippen molar-refractivity contribution in [3.63, 3.8) is 0 Å². The standard InChI is InChI=1S/C12H25N3O/c1-3-15(2)9-8-14-12(16)10-11-6-4-5-7-13-11/h11,13H,3-10H2,1-2H3,(H,14,16). The van der Waals surface area contributed by atoms with E-state index in [9.17, 15) is 4.79 Å². The van der Waals surface area contributed by atoms with Crippen LogP contribution in [0.15, 0.2) is 0 Å². The fourth-order valence-corrected chi connectivity index (χ4v) is 1.94. The lowest BCUT2D eigenvalue weighted by molar-refractivity contribution is -0.121. The van der Waals surface area contributed by atoms with Gasteiger partial charge in [-0.2, -0.15) is 0 Å². The van der Waals surface area contributed by atoms with Gasteiger partial charge in [-0.25, -0.2) is 0 Å². The Bertz CT molecular complexity index is 202. The molecule has 0 bridgehead atoms. The number of carbonyl (C=O) groups is 1. The van der Waals surface area contributed by atoms with Crippen LogP contribution in [0.1, 0.15) is 32.6 Å². The number of hydrogen-bond acceptors (Lipinski definition) is 3. The normalized spacial score (nSPS) is 21.1. The minimum absolute atomic E-state index is 0.184. The van der Waals surface area contributed by atoms with Crippen LogP contribution in [0.3, 0.4) is 0 Å². The van der Waals surface area contributed by atoms with Crippen molar-refractivity contribution >= 4 is 5.91 Å². The van der Waals surface area contributed by atoms with Crippen molar-refractivity contribution in [3.05, 3.63) is 0 Å². The maximum Gasteiger partial charge on any atom is 0.221 e. The Morgan fingerprint density at radius 3 is 2.94 bits per heavy atom. The SMILES string of the molecule is CCN(C)CCNC(=O)CC1CCCCN1. The van der Waals surface area contributed by atoms with E-state index in [1.54, 1.807) is 0 Å². The molecule has 2 N–H and O–H groups in total. The van der Waals surface area contributed by atoms with E-state index in [-0.39, 0.29) is 5.91 Å². The van der Waals surface area contributed by atoms with Crippen molar-refractivity contribution in [1.29, 1.82) is 0 Å². The van der Waals surface area contributed by atoms with Crippen LogP contribution in [0.25, 0.3) is 0 Å². The molecule has 0 aromatic carbocycles. The van der Waals surface area contributed by atoms with Crippen LogP contribution in [0, 0.1) is 0 Å². The molecule has 1 saturated heterocycles. The summed E-state index contributed by atoms with van der Waals surface area (Å²) in [5, 5.41) is 6.36. The number of amides is 1. The molecule has 94 valence electrons. The molecule has 1 rings (SSSR count). The number of nitrogens with one attached hydrogen (secondary N) is 2. The summed E-state index contributed by atoms with van der Waals surface area (Å²) in [6, 6.07) is 0.401. The second-order valence-electron chi connectivity index (χ2n) is 4.60. The van der Waals surface area contributed by atoms with Gasteiger partial charge in [0.25, 0.3) is 0 Å². The maximum atomic E-state index is 11.6. The van der Waals surface area contributed by atoms with E-state index in [2.05, 4.69) is 29.5 Å². The number of nitrogens with zero attached hydrogens (tertiary/aromatic N) is 1. The van der Waals surface area contributed by atoms with Crippen LogP contribution < -0.4 is 10.6 Å². The molecule has 1 aliphatic rings. The highest BCUT2D eigenvalue weighted by atomic mass is 16.1. The molecule has 0 aromatic heterocycles. The molecule has 0 aromatic rings. The lowest BCUT2D eigenvalue weighted by atomic mass is 10.0. The summed E-state index contributed by atoms with van der Waals surface area (Å²) in [5.74, 6) is 0.184. The van der Waals surface area contributed by atoms with Gasteiger partial charge >= 0.3 is 0 Å². The van der Waals surface area contributed by atoms with Crippen molar-refractivity contribution in [2.75, 3.05) is 33.2 Å². The Kier molecular flexibility index (Phi) is 6.42. The highest BCUT2D eigenvalue weighted by molar-refractivity contribution is 5.76. The van der Waals surface area contributed by atoms with Crippen molar-refractivity contribution in [1.82, 2.24) is 15.5 Å². The smallest absolute Gasteiger partial charge is 0.221 e. The molecule has 0 saturated carbocycles. The average Bonchev–Trinajstić information content (AvgIpc) is 2.30. The first kappa shape index (κ1) is 13.5. The van der Waals surface area contributed by atoms with Crippen LogP contribution in [0.5, 0.6) is 0 Å².